The first-order valence-electron chi connectivity index (χ1n) is 7.42. The maximum absolute atomic E-state index is 6.21. The van der Waals surface area contributed by atoms with Gasteiger partial charge in [0, 0.05) is 6.54 Å². The second-order valence-electron chi connectivity index (χ2n) is 5.09. The Morgan fingerprint density at radius 1 is 0.917 bits per heavy atom. The molecule has 132 valence electrons. The van der Waals surface area contributed by atoms with Gasteiger partial charge in [-0.25, -0.2) is 0 Å². The third-order valence-corrected chi connectivity index (χ3v) is 3.85. The zero-order valence-electron chi connectivity index (χ0n) is 14.1. The SMILES string of the molecule is COc1ccc(CCNCc2cc(Cl)c(OC)c(OC)c2)cc1.Cl. The highest BCUT2D eigenvalue weighted by Gasteiger charge is 2.10. The molecule has 4 nitrogen and oxygen atoms in total. The van der Waals surface area contributed by atoms with Gasteiger partial charge in [-0.05, 0) is 48.4 Å². The van der Waals surface area contributed by atoms with E-state index in [9.17, 15) is 0 Å². The van der Waals surface area contributed by atoms with Crippen LogP contribution >= 0.6 is 24.0 Å². The molecule has 0 fully saturated rings. The van der Waals surface area contributed by atoms with E-state index in [4.69, 9.17) is 25.8 Å². The van der Waals surface area contributed by atoms with Crippen LogP contribution < -0.4 is 19.5 Å². The molecule has 2 aromatic carbocycles. The third kappa shape index (κ3) is 5.48. The van der Waals surface area contributed by atoms with Gasteiger partial charge in [0.1, 0.15) is 5.75 Å². The number of halogens is 2. The second-order valence-corrected chi connectivity index (χ2v) is 5.50. The van der Waals surface area contributed by atoms with E-state index in [0.717, 1.165) is 30.8 Å². The smallest absolute Gasteiger partial charge is 0.179 e. The van der Waals surface area contributed by atoms with Gasteiger partial charge in [-0.2, -0.15) is 0 Å². The first-order valence-corrected chi connectivity index (χ1v) is 7.79. The van der Waals surface area contributed by atoms with Gasteiger partial charge in [0.25, 0.3) is 0 Å². The molecule has 24 heavy (non-hydrogen) atoms. The number of rotatable bonds is 8. The topological polar surface area (TPSA) is 39.7 Å². The predicted octanol–water partition coefficient (Wildman–Crippen LogP) is 4.12. The summed E-state index contributed by atoms with van der Waals surface area (Å²) in [6.07, 6.45) is 0.949. The quantitative estimate of drug-likeness (QED) is 0.708. The molecule has 0 aliphatic rings. The first kappa shape index (κ1) is 20.4. The average molecular weight is 372 g/mol. The van der Waals surface area contributed by atoms with Crippen LogP contribution in [-0.4, -0.2) is 27.9 Å². The summed E-state index contributed by atoms with van der Waals surface area (Å²) in [5, 5.41) is 3.96. The molecular formula is C18H23Cl2NO3. The fourth-order valence-electron chi connectivity index (χ4n) is 2.33. The molecule has 0 saturated carbocycles. The summed E-state index contributed by atoms with van der Waals surface area (Å²) in [7, 11) is 4.86. The summed E-state index contributed by atoms with van der Waals surface area (Å²) in [4.78, 5) is 0. The van der Waals surface area contributed by atoms with Crippen molar-refractivity contribution in [3.8, 4) is 17.2 Å². The van der Waals surface area contributed by atoms with Gasteiger partial charge in [-0.1, -0.05) is 23.7 Å². The molecule has 0 bridgehead atoms. The number of ether oxygens (including phenoxy) is 3. The molecule has 0 amide bonds. The summed E-state index contributed by atoms with van der Waals surface area (Å²) < 4.78 is 15.7. The molecule has 0 aliphatic heterocycles. The molecule has 6 heteroatoms. The molecular weight excluding hydrogens is 349 g/mol. The van der Waals surface area contributed by atoms with Crippen LogP contribution in [0.5, 0.6) is 17.2 Å². The van der Waals surface area contributed by atoms with Gasteiger partial charge in [0.15, 0.2) is 11.5 Å². The van der Waals surface area contributed by atoms with E-state index in [-0.39, 0.29) is 12.4 Å². The maximum Gasteiger partial charge on any atom is 0.179 e. The minimum Gasteiger partial charge on any atom is -0.497 e. The van der Waals surface area contributed by atoms with Crippen LogP contribution in [0.1, 0.15) is 11.1 Å². The Labute approximate surface area is 154 Å². The van der Waals surface area contributed by atoms with E-state index in [1.165, 1.54) is 5.56 Å². The fraction of sp³-hybridized carbons (Fsp3) is 0.333. The lowest BCUT2D eigenvalue weighted by atomic mass is 10.1. The Hall–Kier alpha value is -1.62. The zero-order valence-corrected chi connectivity index (χ0v) is 15.7. The number of benzene rings is 2. The van der Waals surface area contributed by atoms with Crippen molar-refractivity contribution in [2.45, 2.75) is 13.0 Å². The maximum atomic E-state index is 6.21. The zero-order chi connectivity index (χ0) is 16.7. The molecule has 0 unspecified atom stereocenters. The van der Waals surface area contributed by atoms with Crippen molar-refractivity contribution in [3.63, 3.8) is 0 Å². The summed E-state index contributed by atoms with van der Waals surface area (Å²) >= 11 is 6.21. The lowest BCUT2D eigenvalue weighted by Crippen LogP contribution is -2.16. The van der Waals surface area contributed by atoms with Crippen molar-refractivity contribution in [3.05, 3.63) is 52.5 Å². The number of hydrogen-bond acceptors (Lipinski definition) is 4. The van der Waals surface area contributed by atoms with Gasteiger partial charge in [-0.15, -0.1) is 12.4 Å². The van der Waals surface area contributed by atoms with E-state index in [1.807, 2.05) is 24.3 Å². The lowest BCUT2D eigenvalue weighted by molar-refractivity contribution is 0.354. The van der Waals surface area contributed by atoms with Crippen LogP contribution in [0.2, 0.25) is 5.02 Å². The highest BCUT2D eigenvalue weighted by atomic mass is 35.5. The van der Waals surface area contributed by atoms with Crippen molar-refractivity contribution in [1.82, 2.24) is 5.32 Å². The summed E-state index contributed by atoms with van der Waals surface area (Å²) in [6.45, 7) is 1.59. The van der Waals surface area contributed by atoms with Gasteiger partial charge >= 0.3 is 0 Å². The highest BCUT2D eigenvalue weighted by Crippen LogP contribution is 2.35. The molecule has 1 N–H and O–H groups in total. The van der Waals surface area contributed by atoms with Crippen molar-refractivity contribution >= 4 is 24.0 Å². The van der Waals surface area contributed by atoms with E-state index < -0.39 is 0 Å². The van der Waals surface area contributed by atoms with Gasteiger partial charge in [-0.3, -0.25) is 0 Å². The Morgan fingerprint density at radius 2 is 1.62 bits per heavy atom. The van der Waals surface area contributed by atoms with E-state index in [1.54, 1.807) is 21.3 Å². The van der Waals surface area contributed by atoms with Crippen molar-refractivity contribution < 1.29 is 14.2 Å². The Balaban J connectivity index is 0.00000288. The van der Waals surface area contributed by atoms with Crippen LogP contribution in [0.25, 0.3) is 0 Å². The summed E-state index contributed by atoms with van der Waals surface area (Å²) in [5.74, 6) is 2.09. The summed E-state index contributed by atoms with van der Waals surface area (Å²) in [6, 6.07) is 11.9. The van der Waals surface area contributed by atoms with E-state index in [2.05, 4.69) is 17.4 Å². The Morgan fingerprint density at radius 3 is 2.21 bits per heavy atom. The van der Waals surface area contributed by atoms with Crippen molar-refractivity contribution in [2.24, 2.45) is 0 Å². The van der Waals surface area contributed by atoms with Gasteiger partial charge < -0.3 is 19.5 Å². The molecule has 0 spiro atoms. The minimum atomic E-state index is 0. The third-order valence-electron chi connectivity index (χ3n) is 3.57. The first-order chi connectivity index (χ1) is 11.2. The van der Waals surface area contributed by atoms with Crippen LogP contribution in [-0.2, 0) is 13.0 Å². The second kappa shape index (κ2) is 10.3. The molecule has 0 atom stereocenters. The number of hydrogen-bond donors (Lipinski definition) is 1. The Bertz CT molecular complexity index is 633. The van der Waals surface area contributed by atoms with Gasteiger partial charge in [0.05, 0.1) is 26.4 Å². The average Bonchev–Trinajstić information content (AvgIpc) is 2.58. The van der Waals surface area contributed by atoms with Crippen LogP contribution in [0, 0.1) is 0 Å². The molecule has 0 aliphatic carbocycles. The monoisotopic (exact) mass is 371 g/mol. The van der Waals surface area contributed by atoms with Crippen molar-refractivity contribution in [2.75, 3.05) is 27.9 Å². The largest absolute Gasteiger partial charge is 0.497 e. The Kier molecular flexibility index (Phi) is 8.76. The predicted molar refractivity (Wildman–Crippen MR) is 100 cm³/mol. The molecule has 0 aromatic heterocycles. The van der Waals surface area contributed by atoms with E-state index in [0.29, 0.717) is 16.5 Å². The van der Waals surface area contributed by atoms with Gasteiger partial charge in [0.2, 0.25) is 0 Å². The van der Waals surface area contributed by atoms with Crippen LogP contribution in [0.3, 0.4) is 0 Å². The standard InChI is InChI=1S/C18H22ClNO3.ClH/c1-21-15-6-4-13(5-7-15)8-9-20-12-14-10-16(19)18(23-3)17(11-14)22-2;/h4-7,10-11,20H,8-9,12H2,1-3H3;1H. The molecule has 0 heterocycles. The number of nitrogens with one attached hydrogen (secondary N) is 1. The lowest BCUT2D eigenvalue weighted by Gasteiger charge is -2.12. The fourth-order valence-corrected chi connectivity index (χ4v) is 2.64. The normalized spacial score (nSPS) is 10.0. The number of methoxy groups -OCH3 is 3. The molecule has 2 aromatic rings. The molecule has 0 radical (unpaired) electrons. The molecule has 0 saturated heterocycles. The summed E-state index contributed by atoms with van der Waals surface area (Å²) in [5.41, 5.74) is 2.33. The van der Waals surface area contributed by atoms with Crippen LogP contribution in [0.15, 0.2) is 36.4 Å². The highest BCUT2D eigenvalue weighted by molar-refractivity contribution is 6.32. The minimum absolute atomic E-state index is 0. The molecule has 2 rings (SSSR count). The van der Waals surface area contributed by atoms with Crippen LogP contribution in [0.4, 0.5) is 0 Å². The van der Waals surface area contributed by atoms with Crippen molar-refractivity contribution in [1.29, 1.82) is 0 Å². The van der Waals surface area contributed by atoms with E-state index >= 15 is 0 Å².